The summed E-state index contributed by atoms with van der Waals surface area (Å²) in [6.45, 7) is 18.7. The SMILES string of the molecule is C=C=CCCC(C(C)=C=C)N1Cc2cc(CN/C(=C\C)c3ccc(C(C)(C)F)cc3)ccc2/C1=C\CC. The smallest absolute Gasteiger partial charge is 0.130 e. The zero-order valence-electron chi connectivity index (χ0n) is 23.1. The van der Waals surface area contributed by atoms with E-state index in [0.717, 1.165) is 49.2 Å². The number of fused-ring (bicyclic) bond motifs is 1. The van der Waals surface area contributed by atoms with Gasteiger partial charge in [-0.05, 0) is 80.9 Å². The van der Waals surface area contributed by atoms with Gasteiger partial charge in [-0.15, -0.1) is 11.5 Å². The number of alkyl halides is 1. The number of hydrogen-bond donors (Lipinski definition) is 1. The van der Waals surface area contributed by atoms with E-state index >= 15 is 0 Å². The van der Waals surface area contributed by atoms with Gasteiger partial charge < -0.3 is 10.2 Å². The van der Waals surface area contributed by atoms with Gasteiger partial charge in [-0.25, -0.2) is 4.39 Å². The van der Waals surface area contributed by atoms with Crippen LogP contribution < -0.4 is 5.32 Å². The Balaban J connectivity index is 1.80. The normalized spacial score (nSPS) is 15.1. The van der Waals surface area contributed by atoms with E-state index < -0.39 is 5.67 Å². The lowest BCUT2D eigenvalue weighted by atomic mass is 9.98. The van der Waals surface area contributed by atoms with Crippen molar-refractivity contribution in [1.29, 1.82) is 0 Å². The first kappa shape index (κ1) is 28.1. The Morgan fingerprint density at radius 2 is 1.92 bits per heavy atom. The minimum absolute atomic E-state index is 0.237. The molecule has 0 saturated carbocycles. The van der Waals surface area contributed by atoms with E-state index in [1.165, 1.54) is 22.4 Å². The fraction of sp³-hybridized carbons (Fsp3) is 0.353. The molecule has 0 spiro atoms. The Kier molecular flexibility index (Phi) is 9.59. The third-order valence-electron chi connectivity index (χ3n) is 7.03. The molecular formula is C34H41FN2. The first-order valence-electron chi connectivity index (χ1n) is 13.2. The Hall–Kier alpha value is -3.51. The number of allylic oxidation sites excluding steroid dienone is 3. The summed E-state index contributed by atoms with van der Waals surface area (Å²) in [6.07, 6.45) is 9.28. The van der Waals surface area contributed by atoms with Crippen molar-refractivity contribution in [2.24, 2.45) is 0 Å². The van der Waals surface area contributed by atoms with Crippen LogP contribution in [0, 0.1) is 0 Å². The van der Waals surface area contributed by atoms with Crippen molar-refractivity contribution in [2.75, 3.05) is 0 Å². The summed E-state index contributed by atoms with van der Waals surface area (Å²) in [4.78, 5) is 2.50. The van der Waals surface area contributed by atoms with Gasteiger partial charge in [0, 0.05) is 30.0 Å². The molecule has 194 valence electrons. The van der Waals surface area contributed by atoms with Gasteiger partial charge in [-0.1, -0.05) is 74.7 Å². The molecule has 2 aromatic carbocycles. The van der Waals surface area contributed by atoms with E-state index in [0.29, 0.717) is 5.56 Å². The maximum absolute atomic E-state index is 14.3. The van der Waals surface area contributed by atoms with Crippen molar-refractivity contribution >= 4 is 11.4 Å². The van der Waals surface area contributed by atoms with Crippen LogP contribution in [0.5, 0.6) is 0 Å². The van der Waals surface area contributed by atoms with Gasteiger partial charge in [-0.3, -0.25) is 0 Å². The van der Waals surface area contributed by atoms with Gasteiger partial charge in [0.15, 0.2) is 0 Å². The minimum atomic E-state index is -1.34. The second kappa shape index (κ2) is 12.6. The van der Waals surface area contributed by atoms with E-state index in [1.54, 1.807) is 13.8 Å². The number of nitrogens with zero attached hydrogens (tertiary/aromatic N) is 1. The molecule has 3 heteroatoms. The van der Waals surface area contributed by atoms with Crippen LogP contribution in [0.4, 0.5) is 4.39 Å². The molecule has 0 aromatic heterocycles. The minimum Gasteiger partial charge on any atom is -0.381 e. The summed E-state index contributed by atoms with van der Waals surface area (Å²) >= 11 is 0. The van der Waals surface area contributed by atoms with Gasteiger partial charge in [0.1, 0.15) is 5.67 Å². The average molecular weight is 497 g/mol. The standard InChI is InChI=1S/C34H41FN2/c1-8-12-13-15-32(25(5)10-3)37-24-28-22-26(16-21-30(28)33(37)14-9-2)23-36-31(11-4)27-17-19-29(20-18-27)34(6,7)35/h11-12,14,16-22,32,36H,1,3,9,13,15,23-24H2,2,4-7H3/b31-11-,33-14+. The molecule has 0 radical (unpaired) electrons. The number of hydrogen-bond acceptors (Lipinski definition) is 2. The summed E-state index contributed by atoms with van der Waals surface area (Å²) in [5.41, 5.74) is 13.8. The van der Waals surface area contributed by atoms with E-state index in [4.69, 9.17) is 0 Å². The van der Waals surface area contributed by atoms with Crippen molar-refractivity contribution in [3.8, 4) is 0 Å². The highest BCUT2D eigenvalue weighted by Gasteiger charge is 2.30. The largest absolute Gasteiger partial charge is 0.381 e. The molecule has 0 fully saturated rings. The van der Waals surface area contributed by atoms with Crippen LogP contribution in [0.15, 0.2) is 90.9 Å². The van der Waals surface area contributed by atoms with Gasteiger partial charge in [0.2, 0.25) is 0 Å². The first-order chi connectivity index (χ1) is 17.7. The van der Waals surface area contributed by atoms with Crippen molar-refractivity contribution in [3.05, 3.63) is 119 Å². The Labute approximate surface area is 223 Å². The molecule has 1 aliphatic rings. The maximum Gasteiger partial charge on any atom is 0.130 e. The zero-order valence-corrected chi connectivity index (χ0v) is 23.1. The van der Waals surface area contributed by atoms with Crippen molar-refractivity contribution in [3.63, 3.8) is 0 Å². The summed E-state index contributed by atoms with van der Waals surface area (Å²) < 4.78 is 14.3. The van der Waals surface area contributed by atoms with Crippen molar-refractivity contribution in [1.82, 2.24) is 10.2 Å². The quantitative estimate of drug-likeness (QED) is 0.313. The predicted octanol–water partition coefficient (Wildman–Crippen LogP) is 8.83. The number of nitrogens with one attached hydrogen (secondary N) is 1. The van der Waals surface area contributed by atoms with Crippen LogP contribution in [-0.2, 0) is 18.8 Å². The zero-order chi connectivity index (χ0) is 27.0. The second-order valence-electron chi connectivity index (χ2n) is 10.1. The molecule has 0 amide bonds. The average Bonchev–Trinajstić information content (AvgIpc) is 3.23. The first-order valence-corrected chi connectivity index (χ1v) is 13.2. The topological polar surface area (TPSA) is 15.3 Å². The van der Waals surface area contributed by atoms with E-state index in [2.05, 4.69) is 79.0 Å². The van der Waals surface area contributed by atoms with Crippen LogP contribution in [0.1, 0.15) is 81.7 Å². The Morgan fingerprint density at radius 3 is 2.51 bits per heavy atom. The van der Waals surface area contributed by atoms with Gasteiger partial charge >= 0.3 is 0 Å². The third kappa shape index (κ3) is 6.83. The molecule has 2 nitrogen and oxygen atoms in total. The second-order valence-corrected chi connectivity index (χ2v) is 10.1. The van der Waals surface area contributed by atoms with Gasteiger partial charge in [-0.2, -0.15) is 0 Å². The molecule has 0 bridgehead atoms. The van der Waals surface area contributed by atoms with Crippen LogP contribution in [0.3, 0.4) is 0 Å². The van der Waals surface area contributed by atoms with Gasteiger partial charge in [0.25, 0.3) is 0 Å². The molecular weight excluding hydrogens is 455 g/mol. The predicted molar refractivity (Wildman–Crippen MR) is 156 cm³/mol. The highest BCUT2D eigenvalue weighted by Crippen LogP contribution is 2.38. The van der Waals surface area contributed by atoms with Crippen LogP contribution in [0.25, 0.3) is 11.4 Å². The Bertz CT molecular complexity index is 1240. The maximum atomic E-state index is 14.3. The van der Waals surface area contributed by atoms with E-state index in [1.807, 2.05) is 37.3 Å². The molecule has 1 unspecified atom stereocenters. The molecule has 2 aromatic rings. The number of halogens is 1. The van der Waals surface area contributed by atoms with Gasteiger partial charge in [0.05, 0.1) is 6.04 Å². The van der Waals surface area contributed by atoms with E-state index in [-0.39, 0.29) is 6.04 Å². The fourth-order valence-electron chi connectivity index (χ4n) is 4.94. The fourth-order valence-corrected chi connectivity index (χ4v) is 4.94. The molecule has 37 heavy (non-hydrogen) atoms. The molecule has 1 aliphatic heterocycles. The lowest BCUT2D eigenvalue weighted by Gasteiger charge is -2.31. The summed E-state index contributed by atoms with van der Waals surface area (Å²) in [7, 11) is 0. The molecule has 3 rings (SSSR count). The molecule has 1 heterocycles. The van der Waals surface area contributed by atoms with Crippen molar-refractivity contribution < 1.29 is 4.39 Å². The number of rotatable bonds is 11. The summed E-state index contributed by atoms with van der Waals surface area (Å²) in [5.74, 6) is 0. The molecule has 0 saturated heterocycles. The number of benzene rings is 2. The monoisotopic (exact) mass is 496 g/mol. The third-order valence-corrected chi connectivity index (χ3v) is 7.03. The summed E-state index contributed by atoms with van der Waals surface area (Å²) in [5, 5.41) is 3.58. The van der Waals surface area contributed by atoms with E-state index in [9.17, 15) is 4.39 Å². The van der Waals surface area contributed by atoms with Crippen LogP contribution in [-0.4, -0.2) is 10.9 Å². The lowest BCUT2D eigenvalue weighted by Crippen LogP contribution is -2.30. The molecule has 1 atom stereocenters. The lowest BCUT2D eigenvalue weighted by molar-refractivity contribution is 0.221. The van der Waals surface area contributed by atoms with Crippen LogP contribution in [0.2, 0.25) is 0 Å². The molecule has 1 N–H and O–H groups in total. The van der Waals surface area contributed by atoms with Crippen molar-refractivity contribution in [2.45, 2.75) is 78.7 Å². The molecule has 0 aliphatic carbocycles. The highest BCUT2D eigenvalue weighted by atomic mass is 19.1. The van der Waals surface area contributed by atoms with Crippen LogP contribution >= 0.6 is 0 Å². The Morgan fingerprint density at radius 1 is 1.19 bits per heavy atom. The highest BCUT2D eigenvalue weighted by molar-refractivity contribution is 5.72. The summed E-state index contributed by atoms with van der Waals surface area (Å²) in [6, 6.07) is 14.7.